The molecule has 4 aromatic rings. The lowest BCUT2D eigenvalue weighted by Crippen LogP contribution is -2.27. The molecule has 0 aromatic heterocycles. The zero-order chi connectivity index (χ0) is 28.2. The second-order valence-corrected chi connectivity index (χ2v) is 11.2. The van der Waals surface area contributed by atoms with E-state index in [1.165, 1.54) is 18.9 Å². The van der Waals surface area contributed by atoms with Crippen LogP contribution in [-0.2, 0) is 9.59 Å². The molecule has 0 spiro atoms. The fourth-order valence-electron chi connectivity index (χ4n) is 4.57. The van der Waals surface area contributed by atoms with Gasteiger partial charge < -0.3 is 14.8 Å². The van der Waals surface area contributed by atoms with Gasteiger partial charge in [0.15, 0.2) is 22.4 Å². The Hall–Kier alpha value is -4.14. The maximum absolute atomic E-state index is 13.4. The predicted molar refractivity (Wildman–Crippen MR) is 167 cm³/mol. The third-order valence-electron chi connectivity index (χ3n) is 6.50. The van der Waals surface area contributed by atoms with E-state index in [1.807, 2.05) is 72.8 Å². The van der Waals surface area contributed by atoms with Gasteiger partial charge >= 0.3 is 0 Å². The summed E-state index contributed by atoms with van der Waals surface area (Å²) in [5, 5.41) is 4.92. The van der Waals surface area contributed by atoms with Gasteiger partial charge in [-0.05, 0) is 52.8 Å². The number of para-hydroxylation sites is 1. The second-order valence-electron chi connectivity index (χ2n) is 9.50. The Morgan fingerprint density at radius 1 is 1.00 bits per heavy atom. The van der Waals surface area contributed by atoms with Crippen LogP contribution in [0, 0.1) is 0 Å². The number of thioether (sulfide) groups is 1. The van der Waals surface area contributed by atoms with Crippen molar-refractivity contribution < 1.29 is 19.1 Å². The smallest absolute Gasteiger partial charge is 0.270 e. The number of fused-ring (bicyclic) bond motifs is 1. The Labute approximate surface area is 243 Å². The maximum Gasteiger partial charge on any atom is 0.270 e. The van der Waals surface area contributed by atoms with Gasteiger partial charge in [0.25, 0.3) is 11.8 Å². The van der Waals surface area contributed by atoms with Gasteiger partial charge in [-0.1, -0.05) is 98.5 Å². The molecule has 202 valence electrons. The molecule has 0 saturated carbocycles. The Balaban J connectivity index is 1.31. The average molecular weight is 569 g/mol. The molecular formula is C32H28N2O4S2. The number of nitrogens with zero attached hydrogens (tertiary/aromatic N) is 1. The lowest BCUT2D eigenvalue weighted by molar-refractivity contribution is -0.118. The van der Waals surface area contributed by atoms with Gasteiger partial charge in [0.05, 0.1) is 17.7 Å². The largest absolute Gasteiger partial charge is 0.493 e. The highest BCUT2D eigenvalue weighted by atomic mass is 32.2. The minimum Gasteiger partial charge on any atom is -0.493 e. The summed E-state index contributed by atoms with van der Waals surface area (Å²) in [6.07, 6.45) is 1.78. The molecule has 1 aliphatic heterocycles. The summed E-state index contributed by atoms with van der Waals surface area (Å²) in [7, 11) is 1.53. The molecule has 0 radical (unpaired) electrons. The number of carbonyl (C=O) groups is 2. The molecular weight excluding hydrogens is 540 g/mol. The normalized spacial score (nSPS) is 14.3. The Bertz CT molecular complexity index is 1640. The van der Waals surface area contributed by atoms with Crippen molar-refractivity contribution in [1.29, 1.82) is 0 Å². The number of benzene rings is 4. The van der Waals surface area contributed by atoms with E-state index in [2.05, 4.69) is 19.2 Å². The average Bonchev–Trinajstić information content (AvgIpc) is 3.23. The van der Waals surface area contributed by atoms with E-state index in [9.17, 15) is 9.59 Å². The fourth-order valence-corrected chi connectivity index (χ4v) is 5.85. The van der Waals surface area contributed by atoms with Crippen molar-refractivity contribution in [2.75, 3.05) is 23.9 Å². The molecule has 1 heterocycles. The van der Waals surface area contributed by atoms with Crippen LogP contribution in [0.25, 0.3) is 16.8 Å². The van der Waals surface area contributed by atoms with Crippen molar-refractivity contribution in [3.8, 4) is 11.5 Å². The quantitative estimate of drug-likeness (QED) is 0.177. The molecule has 6 nitrogen and oxygen atoms in total. The molecule has 2 amide bonds. The summed E-state index contributed by atoms with van der Waals surface area (Å²) in [5.41, 5.74) is 3.34. The SMILES string of the molecule is COc1cc(/C=C2/SC(=S)N(c3cccc4ccccc34)C2=O)ccc1OCC(=O)Nc1ccccc1C(C)C. The number of methoxy groups -OCH3 is 1. The highest BCUT2D eigenvalue weighted by molar-refractivity contribution is 8.27. The van der Waals surface area contributed by atoms with E-state index in [0.717, 1.165) is 33.3 Å². The standard InChI is InChI=1S/C32H28N2O4S2/c1-20(2)23-11-6-7-13-25(23)33-30(35)19-38-27-16-15-21(17-28(27)37-3)18-29-31(36)34(32(39)40-29)26-14-8-10-22-9-4-5-12-24(22)26/h4-18,20H,19H2,1-3H3,(H,33,35)/b29-18+. The van der Waals surface area contributed by atoms with Crippen LogP contribution in [-0.4, -0.2) is 29.9 Å². The highest BCUT2D eigenvalue weighted by Crippen LogP contribution is 2.39. The molecule has 0 bridgehead atoms. The minimum absolute atomic E-state index is 0.175. The van der Waals surface area contributed by atoms with Crippen LogP contribution in [0.4, 0.5) is 11.4 Å². The van der Waals surface area contributed by atoms with E-state index in [0.29, 0.717) is 20.7 Å². The second kappa shape index (κ2) is 11.9. The molecule has 0 aliphatic carbocycles. The van der Waals surface area contributed by atoms with Crippen molar-refractivity contribution in [1.82, 2.24) is 0 Å². The lowest BCUT2D eigenvalue weighted by Gasteiger charge is -2.17. The highest BCUT2D eigenvalue weighted by Gasteiger charge is 2.34. The first-order chi connectivity index (χ1) is 19.4. The first-order valence-corrected chi connectivity index (χ1v) is 14.0. The number of hydrogen-bond acceptors (Lipinski definition) is 6. The summed E-state index contributed by atoms with van der Waals surface area (Å²) in [4.78, 5) is 28.1. The lowest BCUT2D eigenvalue weighted by atomic mass is 10.0. The zero-order valence-electron chi connectivity index (χ0n) is 22.3. The molecule has 1 fully saturated rings. The minimum atomic E-state index is -0.267. The fraction of sp³-hybridized carbons (Fsp3) is 0.156. The van der Waals surface area contributed by atoms with Crippen LogP contribution in [0.1, 0.15) is 30.9 Å². The van der Waals surface area contributed by atoms with Gasteiger partial charge in [-0.15, -0.1) is 0 Å². The van der Waals surface area contributed by atoms with Crippen molar-refractivity contribution in [3.05, 3.63) is 101 Å². The summed E-state index contributed by atoms with van der Waals surface area (Å²) in [6, 6.07) is 26.8. The number of hydrogen-bond donors (Lipinski definition) is 1. The molecule has 0 unspecified atom stereocenters. The molecule has 1 saturated heterocycles. The van der Waals surface area contributed by atoms with Crippen molar-refractivity contribution in [3.63, 3.8) is 0 Å². The van der Waals surface area contributed by atoms with Crippen LogP contribution in [0.2, 0.25) is 0 Å². The van der Waals surface area contributed by atoms with E-state index in [-0.39, 0.29) is 24.3 Å². The van der Waals surface area contributed by atoms with E-state index in [4.69, 9.17) is 21.7 Å². The summed E-state index contributed by atoms with van der Waals surface area (Å²) >= 11 is 6.86. The van der Waals surface area contributed by atoms with E-state index in [1.54, 1.807) is 23.1 Å². The third-order valence-corrected chi connectivity index (χ3v) is 7.80. The van der Waals surface area contributed by atoms with Crippen LogP contribution in [0.15, 0.2) is 89.8 Å². The topological polar surface area (TPSA) is 67.9 Å². The van der Waals surface area contributed by atoms with Crippen LogP contribution < -0.4 is 19.7 Å². The number of anilines is 2. The van der Waals surface area contributed by atoms with Gasteiger partial charge in [-0.25, -0.2) is 0 Å². The molecule has 4 aromatic carbocycles. The Morgan fingerprint density at radius 2 is 1.75 bits per heavy atom. The van der Waals surface area contributed by atoms with Crippen molar-refractivity contribution in [2.45, 2.75) is 19.8 Å². The number of rotatable bonds is 8. The summed E-state index contributed by atoms with van der Waals surface area (Å²) < 4.78 is 11.8. The monoisotopic (exact) mass is 568 g/mol. The number of thiocarbonyl (C=S) groups is 1. The van der Waals surface area contributed by atoms with Gasteiger partial charge in [-0.3, -0.25) is 14.5 Å². The number of carbonyl (C=O) groups excluding carboxylic acids is 2. The maximum atomic E-state index is 13.4. The van der Waals surface area contributed by atoms with E-state index < -0.39 is 0 Å². The van der Waals surface area contributed by atoms with Gasteiger partial charge in [-0.2, -0.15) is 0 Å². The Morgan fingerprint density at radius 3 is 2.55 bits per heavy atom. The van der Waals surface area contributed by atoms with Crippen molar-refractivity contribution in [2.24, 2.45) is 0 Å². The van der Waals surface area contributed by atoms with Crippen LogP contribution in [0.5, 0.6) is 11.5 Å². The summed E-state index contributed by atoms with van der Waals surface area (Å²) in [5.74, 6) is 0.710. The van der Waals surface area contributed by atoms with E-state index >= 15 is 0 Å². The molecule has 40 heavy (non-hydrogen) atoms. The number of nitrogens with one attached hydrogen (secondary N) is 1. The molecule has 0 atom stereocenters. The van der Waals surface area contributed by atoms with Gasteiger partial charge in [0.2, 0.25) is 0 Å². The van der Waals surface area contributed by atoms with Crippen LogP contribution >= 0.6 is 24.0 Å². The molecule has 8 heteroatoms. The van der Waals surface area contributed by atoms with Crippen molar-refractivity contribution >= 4 is 68.3 Å². The zero-order valence-corrected chi connectivity index (χ0v) is 24.0. The first kappa shape index (κ1) is 27.4. The summed E-state index contributed by atoms with van der Waals surface area (Å²) in [6.45, 7) is 3.98. The van der Waals surface area contributed by atoms with Crippen LogP contribution in [0.3, 0.4) is 0 Å². The molecule has 1 N–H and O–H groups in total. The molecule has 5 rings (SSSR count). The third kappa shape index (κ3) is 5.73. The molecule has 1 aliphatic rings. The number of amides is 2. The van der Waals surface area contributed by atoms with Gasteiger partial charge in [0.1, 0.15) is 0 Å². The predicted octanol–water partition coefficient (Wildman–Crippen LogP) is 7.40. The van der Waals surface area contributed by atoms with Gasteiger partial charge in [0, 0.05) is 11.1 Å². The Kier molecular flexibility index (Phi) is 8.19. The number of ether oxygens (including phenoxy) is 2. The first-order valence-electron chi connectivity index (χ1n) is 12.8.